The maximum Gasteiger partial charge on any atom is 0.255 e. The van der Waals surface area contributed by atoms with Gasteiger partial charge in [-0.25, -0.2) is 21.6 Å². The third-order valence-corrected chi connectivity index (χ3v) is 7.68. The van der Waals surface area contributed by atoms with E-state index in [1.54, 1.807) is 24.3 Å². The first kappa shape index (κ1) is 21.3. The first-order valence-electron chi connectivity index (χ1n) is 9.06. The highest BCUT2D eigenvalue weighted by Crippen LogP contribution is 2.25. The van der Waals surface area contributed by atoms with Gasteiger partial charge in [0.2, 0.25) is 10.0 Å². The molecule has 3 rings (SSSR count). The molecule has 1 fully saturated rings. The van der Waals surface area contributed by atoms with Crippen molar-refractivity contribution in [3.63, 3.8) is 0 Å². The lowest BCUT2D eigenvalue weighted by molar-refractivity contribution is 0.102. The number of para-hydroxylation sites is 2. The van der Waals surface area contributed by atoms with Gasteiger partial charge in [-0.2, -0.15) is 0 Å². The van der Waals surface area contributed by atoms with Gasteiger partial charge in [0.15, 0.2) is 9.84 Å². The van der Waals surface area contributed by atoms with E-state index in [9.17, 15) is 21.6 Å². The molecular formula is C19H22N2O6S2. The van der Waals surface area contributed by atoms with Gasteiger partial charge in [-0.15, -0.1) is 0 Å². The molecule has 10 heteroatoms. The Morgan fingerprint density at radius 2 is 1.93 bits per heavy atom. The minimum Gasteiger partial charge on any atom is -0.492 e. The highest BCUT2D eigenvalue weighted by molar-refractivity contribution is 7.92. The number of rotatable bonds is 7. The maximum absolute atomic E-state index is 12.6. The van der Waals surface area contributed by atoms with E-state index in [2.05, 4.69) is 10.0 Å². The predicted octanol–water partition coefficient (Wildman–Crippen LogP) is 1.80. The molecular weight excluding hydrogens is 416 g/mol. The normalized spacial score (nSPS) is 18.3. The SMILES string of the molecule is CCOc1ccccc1NC(=O)c1cccc(S(=O)(=O)NC2CCS(=O)(=O)C2)c1. The van der Waals surface area contributed by atoms with Crippen LogP contribution in [-0.4, -0.2) is 46.9 Å². The standard InChI is InChI=1S/C19H22N2O6S2/c1-2-27-18-9-4-3-8-17(18)20-19(22)14-6-5-7-16(12-14)29(25,26)21-15-10-11-28(23,24)13-15/h3-9,12,15,21H,2,10-11,13H2,1H3,(H,20,22). The summed E-state index contributed by atoms with van der Waals surface area (Å²) in [6.45, 7) is 2.26. The van der Waals surface area contributed by atoms with Crippen molar-refractivity contribution in [1.29, 1.82) is 0 Å². The van der Waals surface area contributed by atoms with Crippen LogP contribution in [0.2, 0.25) is 0 Å². The number of carbonyl (C=O) groups is 1. The van der Waals surface area contributed by atoms with Gasteiger partial charge in [0.1, 0.15) is 5.75 Å². The van der Waals surface area contributed by atoms with Crippen molar-refractivity contribution < 1.29 is 26.4 Å². The molecule has 2 aromatic carbocycles. The zero-order valence-electron chi connectivity index (χ0n) is 15.8. The van der Waals surface area contributed by atoms with Crippen molar-refractivity contribution in [1.82, 2.24) is 4.72 Å². The Hall–Kier alpha value is -2.43. The zero-order chi connectivity index (χ0) is 21.1. The summed E-state index contributed by atoms with van der Waals surface area (Å²) < 4.78 is 56.2. The van der Waals surface area contributed by atoms with Gasteiger partial charge in [0, 0.05) is 11.6 Å². The fraction of sp³-hybridized carbons (Fsp3) is 0.316. The van der Waals surface area contributed by atoms with Gasteiger partial charge in [0.25, 0.3) is 5.91 Å². The molecule has 1 heterocycles. The van der Waals surface area contributed by atoms with E-state index in [-0.39, 0.29) is 28.4 Å². The van der Waals surface area contributed by atoms with Crippen LogP contribution >= 0.6 is 0 Å². The van der Waals surface area contributed by atoms with Crippen LogP contribution in [0.5, 0.6) is 5.75 Å². The highest BCUT2D eigenvalue weighted by atomic mass is 32.2. The molecule has 0 aromatic heterocycles. The number of sulfone groups is 1. The fourth-order valence-electron chi connectivity index (χ4n) is 3.03. The van der Waals surface area contributed by atoms with Crippen LogP contribution in [0.15, 0.2) is 53.4 Å². The number of sulfonamides is 1. The Morgan fingerprint density at radius 3 is 2.62 bits per heavy atom. The van der Waals surface area contributed by atoms with E-state index in [0.717, 1.165) is 0 Å². The predicted molar refractivity (Wildman–Crippen MR) is 109 cm³/mol. The van der Waals surface area contributed by atoms with E-state index < -0.39 is 31.8 Å². The molecule has 2 N–H and O–H groups in total. The average molecular weight is 439 g/mol. The molecule has 1 atom stereocenters. The summed E-state index contributed by atoms with van der Waals surface area (Å²) in [6, 6.07) is 11.8. The number of benzene rings is 2. The summed E-state index contributed by atoms with van der Waals surface area (Å²) in [6.07, 6.45) is 0.232. The lowest BCUT2D eigenvalue weighted by Crippen LogP contribution is -2.35. The van der Waals surface area contributed by atoms with E-state index in [0.29, 0.717) is 18.0 Å². The van der Waals surface area contributed by atoms with Crippen LogP contribution in [0.25, 0.3) is 0 Å². The molecule has 8 nitrogen and oxygen atoms in total. The van der Waals surface area contributed by atoms with Crippen LogP contribution in [-0.2, 0) is 19.9 Å². The molecule has 0 spiro atoms. The Labute approximate surface area is 170 Å². The average Bonchev–Trinajstić information content (AvgIpc) is 3.01. The molecule has 2 aromatic rings. The van der Waals surface area contributed by atoms with Crippen LogP contribution in [0, 0.1) is 0 Å². The summed E-state index contributed by atoms with van der Waals surface area (Å²) >= 11 is 0. The Bertz CT molecular complexity index is 1110. The largest absolute Gasteiger partial charge is 0.492 e. The molecule has 1 amide bonds. The van der Waals surface area contributed by atoms with Crippen molar-refractivity contribution >= 4 is 31.5 Å². The molecule has 1 aliphatic rings. The van der Waals surface area contributed by atoms with Gasteiger partial charge in [-0.1, -0.05) is 18.2 Å². The van der Waals surface area contributed by atoms with Crippen molar-refractivity contribution in [2.45, 2.75) is 24.3 Å². The number of hydrogen-bond acceptors (Lipinski definition) is 6. The van der Waals surface area contributed by atoms with Crippen molar-refractivity contribution in [3.8, 4) is 5.75 Å². The van der Waals surface area contributed by atoms with Crippen LogP contribution in [0.4, 0.5) is 5.69 Å². The summed E-state index contributed by atoms with van der Waals surface area (Å²) in [5.74, 6) is -0.239. The molecule has 1 aliphatic heterocycles. The highest BCUT2D eigenvalue weighted by Gasteiger charge is 2.31. The van der Waals surface area contributed by atoms with Crippen molar-refractivity contribution in [3.05, 3.63) is 54.1 Å². The fourth-order valence-corrected chi connectivity index (χ4v) is 6.12. The van der Waals surface area contributed by atoms with Gasteiger partial charge >= 0.3 is 0 Å². The smallest absolute Gasteiger partial charge is 0.255 e. The van der Waals surface area contributed by atoms with Crippen molar-refractivity contribution in [2.24, 2.45) is 0 Å². The summed E-state index contributed by atoms with van der Waals surface area (Å²) in [5.41, 5.74) is 0.625. The first-order valence-corrected chi connectivity index (χ1v) is 12.4. The van der Waals surface area contributed by atoms with E-state index >= 15 is 0 Å². The number of ether oxygens (including phenoxy) is 1. The van der Waals surface area contributed by atoms with Gasteiger partial charge in [-0.3, -0.25) is 4.79 Å². The molecule has 1 saturated heterocycles. The number of anilines is 1. The minimum atomic E-state index is -3.96. The van der Waals surface area contributed by atoms with Crippen molar-refractivity contribution in [2.75, 3.05) is 23.4 Å². The van der Waals surface area contributed by atoms with Crippen LogP contribution in [0.1, 0.15) is 23.7 Å². The Morgan fingerprint density at radius 1 is 1.17 bits per heavy atom. The third kappa shape index (κ3) is 5.34. The van der Waals surface area contributed by atoms with Crippen LogP contribution < -0.4 is 14.8 Å². The lowest BCUT2D eigenvalue weighted by Gasteiger charge is -2.13. The topological polar surface area (TPSA) is 119 Å². The summed E-state index contributed by atoms with van der Waals surface area (Å²) in [5, 5.41) is 2.72. The van der Waals surface area contributed by atoms with Gasteiger partial charge in [-0.05, 0) is 43.7 Å². The zero-order valence-corrected chi connectivity index (χ0v) is 17.4. The first-order chi connectivity index (χ1) is 13.7. The van der Waals surface area contributed by atoms with Gasteiger partial charge in [0.05, 0.1) is 28.7 Å². The minimum absolute atomic E-state index is 0.0398. The third-order valence-electron chi connectivity index (χ3n) is 4.40. The maximum atomic E-state index is 12.6. The Balaban J connectivity index is 1.78. The number of nitrogens with one attached hydrogen (secondary N) is 2. The quantitative estimate of drug-likeness (QED) is 0.681. The molecule has 0 saturated carbocycles. The van der Waals surface area contributed by atoms with E-state index in [4.69, 9.17) is 4.74 Å². The monoisotopic (exact) mass is 438 g/mol. The summed E-state index contributed by atoms with van der Waals surface area (Å²) in [4.78, 5) is 12.5. The van der Waals surface area contributed by atoms with Crippen LogP contribution in [0.3, 0.4) is 0 Å². The molecule has 0 radical (unpaired) electrons. The molecule has 0 bridgehead atoms. The van der Waals surface area contributed by atoms with E-state index in [1.165, 1.54) is 24.3 Å². The second kappa shape index (κ2) is 8.52. The molecule has 1 unspecified atom stereocenters. The number of hydrogen-bond donors (Lipinski definition) is 2. The van der Waals surface area contributed by atoms with Gasteiger partial charge < -0.3 is 10.1 Å². The summed E-state index contributed by atoms with van der Waals surface area (Å²) in [7, 11) is -7.18. The molecule has 156 valence electrons. The molecule has 29 heavy (non-hydrogen) atoms. The lowest BCUT2D eigenvalue weighted by atomic mass is 10.2. The Kier molecular flexibility index (Phi) is 6.25. The molecule has 0 aliphatic carbocycles. The number of carbonyl (C=O) groups excluding carboxylic acids is 1. The second-order valence-corrected chi connectivity index (χ2v) is 10.6. The van der Waals surface area contributed by atoms with E-state index in [1.807, 2.05) is 6.92 Å². The second-order valence-electron chi connectivity index (χ2n) is 6.63. The number of amides is 1.